The number of carboxylic acids is 1. The Labute approximate surface area is 153 Å². The summed E-state index contributed by atoms with van der Waals surface area (Å²) >= 11 is 0. The summed E-state index contributed by atoms with van der Waals surface area (Å²) in [6.07, 6.45) is 2.90. The lowest BCUT2D eigenvalue weighted by molar-refractivity contribution is -0.144. The highest BCUT2D eigenvalue weighted by Crippen LogP contribution is 2.32. The lowest BCUT2D eigenvalue weighted by Crippen LogP contribution is -2.40. The number of hydrogen-bond acceptors (Lipinski definition) is 5. The van der Waals surface area contributed by atoms with Gasteiger partial charge in [-0.3, -0.25) is 4.79 Å². The van der Waals surface area contributed by atoms with Gasteiger partial charge in [0.15, 0.2) is 0 Å². The molecule has 2 N–H and O–H groups in total. The van der Waals surface area contributed by atoms with Gasteiger partial charge >= 0.3 is 5.97 Å². The summed E-state index contributed by atoms with van der Waals surface area (Å²) in [6.45, 7) is 13.3. The van der Waals surface area contributed by atoms with Gasteiger partial charge < -0.3 is 24.4 Å². The molecule has 0 saturated heterocycles. The standard InChI is InChI=1S/C18H36O6Si/c1-14(25(5,6)7)16(17(20)21)15(19)9-8-10-18(2,3)24-13-23-12-11-22-4/h8-9,14-16,19H,10-13H2,1-7H3,(H,20,21)/b9-8+/t14-,15-,16+/m1/s1. The molecule has 0 rings (SSSR count). The van der Waals surface area contributed by atoms with E-state index >= 15 is 0 Å². The zero-order valence-corrected chi connectivity index (χ0v) is 17.7. The topological polar surface area (TPSA) is 85.2 Å². The van der Waals surface area contributed by atoms with Gasteiger partial charge in [0.1, 0.15) is 6.79 Å². The van der Waals surface area contributed by atoms with Crippen molar-refractivity contribution in [2.45, 2.75) is 64.1 Å². The summed E-state index contributed by atoms with van der Waals surface area (Å²) < 4.78 is 15.8. The maximum absolute atomic E-state index is 11.6. The minimum atomic E-state index is -1.68. The van der Waals surface area contributed by atoms with Crippen molar-refractivity contribution in [2.24, 2.45) is 5.92 Å². The Morgan fingerprint density at radius 1 is 1.24 bits per heavy atom. The molecule has 0 aromatic rings. The maximum atomic E-state index is 11.6. The fourth-order valence-corrected chi connectivity index (χ4v) is 3.68. The Balaban J connectivity index is 4.59. The first-order valence-electron chi connectivity index (χ1n) is 8.70. The second-order valence-corrected chi connectivity index (χ2v) is 13.7. The molecule has 0 fully saturated rings. The molecule has 3 atom stereocenters. The van der Waals surface area contributed by atoms with Crippen LogP contribution in [0.3, 0.4) is 0 Å². The number of aliphatic carboxylic acids is 1. The fraction of sp³-hybridized carbons (Fsp3) is 0.833. The van der Waals surface area contributed by atoms with Crippen LogP contribution in [0.15, 0.2) is 12.2 Å². The summed E-state index contributed by atoms with van der Waals surface area (Å²) in [4.78, 5) is 11.6. The zero-order chi connectivity index (χ0) is 19.7. The highest BCUT2D eigenvalue weighted by molar-refractivity contribution is 6.77. The van der Waals surface area contributed by atoms with Crippen molar-refractivity contribution in [3.63, 3.8) is 0 Å². The number of rotatable bonds is 13. The van der Waals surface area contributed by atoms with Crippen molar-refractivity contribution in [1.29, 1.82) is 0 Å². The molecule has 0 heterocycles. The first-order chi connectivity index (χ1) is 11.4. The minimum Gasteiger partial charge on any atom is -0.481 e. The van der Waals surface area contributed by atoms with Crippen LogP contribution >= 0.6 is 0 Å². The van der Waals surface area contributed by atoms with E-state index in [0.717, 1.165) is 0 Å². The molecule has 0 aliphatic heterocycles. The predicted octanol–water partition coefficient (Wildman–Crippen LogP) is 3.14. The zero-order valence-electron chi connectivity index (χ0n) is 16.7. The van der Waals surface area contributed by atoms with E-state index in [9.17, 15) is 15.0 Å². The molecule has 0 unspecified atom stereocenters. The number of aliphatic hydroxyl groups excluding tert-OH is 1. The van der Waals surface area contributed by atoms with Crippen LogP contribution < -0.4 is 0 Å². The summed E-state index contributed by atoms with van der Waals surface area (Å²) in [5.74, 6) is -1.74. The van der Waals surface area contributed by atoms with Crippen LogP contribution in [0.1, 0.15) is 27.2 Å². The van der Waals surface area contributed by atoms with Gasteiger partial charge in [-0.2, -0.15) is 0 Å². The van der Waals surface area contributed by atoms with Crippen molar-refractivity contribution < 1.29 is 29.2 Å². The third-order valence-electron chi connectivity index (χ3n) is 4.47. The van der Waals surface area contributed by atoms with Gasteiger partial charge in [0.25, 0.3) is 0 Å². The van der Waals surface area contributed by atoms with Gasteiger partial charge in [-0.1, -0.05) is 38.7 Å². The first-order valence-corrected chi connectivity index (χ1v) is 12.3. The smallest absolute Gasteiger partial charge is 0.309 e. The summed E-state index contributed by atoms with van der Waals surface area (Å²) in [6, 6.07) is 0. The average Bonchev–Trinajstić information content (AvgIpc) is 2.45. The Kier molecular flexibility index (Phi) is 10.8. The van der Waals surface area contributed by atoms with Gasteiger partial charge in [-0.25, -0.2) is 0 Å². The van der Waals surface area contributed by atoms with Crippen LogP contribution in [-0.4, -0.2) is 63.1 Å². The van der Waals surface area contributed by atoms with E-state index in [0.29, 0.717) is 19.6 Å². The second kappa shape index (κ2) is 11.1. The Morgan fingerprint density at radius 3 is 2.32 bits per heavy atom. The maximum Gasteiger partial charge on any atom is 0.309 e. The molecule has 0 aromatic heterocycles. The second-order valence-electron chi connectivity index (χ2n) is 8.06. The highest BCUT2D eigenvalue weighted by atomic mass is 28.3. The number of aliphatic hydroxyl groups is 1. The van der Waals surface area contributed by atoms with Gasteiger partial charge in [-0.05, 0) is 25.8 Å². The summed E-state index contributed by atoms with van der Waals surface area (Å²) in [5, 5.41) is 19.9. The van der Waals surface area contributed by atoms with Crippen molar-refractivity contribution in [1.82, 2.24) is 0 Å². The van der Waals surface area contributed by atoms with Crippen LogP contribution in [0, 0.1) is 5.92 Å². The van der Waals surface area contributed by atoms with Crippen LogP contribution in [0.4, 0.5) is 0 Å². The molecule has 7 heteroatoms. The molecule has 0 radical (unpaired) electrons. The Hall–Kier alpha value is -0.733. The predicted molar refractivity (Wildman–Crippen MR) is 102 cm³/mol. The monoisotopic (exact) mass is 376 g/mol. The Bertz CT molecular complexity index is 416. The van der Waals surface area contributed by atoms with Gasteiger partial charge in [0.05, 0.1) is 30.8 Å². The molecule has 0 aromatic carbocycles. The number of methoxy groups -OCH3 is 1. The number of hydrogen-bond donors (Lipinski definition) is 2. The van der Waals surface area contributed by atoms with E-state index in [4.69, 9.17) is 14.2 Å². The molecule has 0 amide bonds. The van der Waals surface area contributed by atoms with E-state index in [1.165, 1.54) is 0 Å². The van der Waals surface area contributed by atoms with E-state index in [2.05, 4.69) is 19.6 Å². The van der Waals surface area contributed by atoms with Crippen molar-refractivity contribution in [3.8, 4) is 0 Å². The summed E-state index contributed by atoms with van der Waals surface area (Å²) in [7, 11) is -0.0713. The molecule has 0 saturated carbocycles. The van der Waals surface area contributed by atoms with Crippen molar-refractivity contribution >= 4 is 14.0 Å². The number of carboxylic acid groups (broad SMARTS) is 1. The summed E-state index contributed by atoms with van der Waals surface area (Å²) in [5.41, 5.74) is -0.505. The molecule has 25 heavy (non-hydrogen) atoms. The molecular weight excluding hydrogens is 340 g/mol. The largest absolute Gasteiger partial charge is 0.481 e. The lowest BCUT2D eigenvalue weighted by atomic mass is 9.97. The van der Waals surface area contributed by atoms with Crippen molar-refractivity contribution in [3.05, 3.63) is 12.2 Å². The van der Waals surface area contributed by atoms with E-state index in [1.807, 2.05) is 20.8 Å². The fourth-order valence-electron chi connectivity index (χ4n) is 2.27. The lowest BCUT2D eigenvalue weighted by Gasteiger charge is -2.32. The van der Waals surface area contributed by atoms with E-state index in [-0.39, 0.29) is 12.3 Å². The third-order valence-corrected chi connectivity index (χ3v) is 7.56. The SMILES string of the molecule is COCCOCOC(C)(C)C/C=C/[C@@H](O)[C@@H](C(=O)O)[C@@H](C)[Si](C)(C)C. The molecule has 0 spiro atoms. The van der Waals surface area contributed by atoms with Gasteiger partial charge in [-0.15, -0.1) is 0 Å². The van der Waals surface area contributed by atoms with Crippen molar-refractivity contribution in [2.75, 3.05) is 27.1 Å². The molecule has 6 nitrogen and oxygen atoms in total. The number of ether oxygens (including phenoxy) is 3. The van der Waals surface area contributed by atoms with Gasteiger partial charge in [0.2, 0.25) is 0 Å². The molecule has 148 valence electrons. The van der Waals surface area contributed by atoms with Crippen LogP contribution in [0.25, 0.3) is 0 Å². The first kappa shape index (κ1) is 24.3. The average molecular weight is 377 g/mol. The van der Waals surface area contributed by atoms with Gasteiger partial charge in [0, 0.05) is 15.2 Å². The normalized spacial score (nSPS) is 16.8. The van der Waals surface area contributed by atoms with Crippen LogP contribution in [0.5, 0.6) is 0 Å². The molecule has 0 aliphatic rings. The number of carbonyl (C=O) groups is 1. The highest BCUT2D eigenvalue weighted by Gasteiger charge is 2.38. The van der Waals surface area contributed by atoms with E-state index in [1.54, 1.807) is 19.3 Å². The van der Waals surface area contributed by atoms with E-state index < -0.39 is 31.7 Å². The quantitative estimate of drug-likeness (QED) is 0.222. The minimum absolute atomic E-state index is 0.0388. The molecular formula is C18H36O6Si. The van der Waals surface area contributed by atoms with Crippen LogP contribution in [0.2, 0.25) is 25.2 Å². The molecule has 0 aliphatic carbocycles. The third kappa shape index (κ3) is 10.1. The Morgan fingerprint density at radius 2 is 1.84 bits per heavy atom. The molecule has 0 bridgehead atoms. The van der Waals surface area contributed by atoms with Crippen LogP contribution in [-0.2, 0) is 19.0 Å².